The Morgan fingerprint density at radius 1 is 1.14 bits per heavy atom. The lowest BCUT2D eigenvalue weighted by molar-refractivity contribution is 0.243. The first kappa shape index (κ1) is 20.5. The minimum absolute atomic E-state index is 0.150. The van der Waals surface area contributed by atoms with E-state index in [0.29, 0.717) is 12.2 Å². The minimum Gasteiger partial charge on any atom is -0.336 e. The van der Waals surface area contributed by atoms with Gasteiger partial charge in [-0.15, -0.1) is 0 Å². The lowest BCUT2D eigenvalue weighted by Gasteiger charge is -2.25. The van der Waals surface area contributed by atoms with Gasteiger partial charge in [0.1, 0.15) is 5.82 Å². The van der Waals surface area contributed by atoms with Gasteiger partial charge in [-0.1, -0.05) is 24.3 Å². The van der Waals surface area contributed by atoms with E-state index in [1.807, 2.05) is 69.2 Å². The van der Waals surface area contributed by atoms with E-state index < -0.39 is 0 Å². The predicted octanol–water partition coefficient (Wildman–Crippen LogP) is 4.05. The molecule has 0 saturated heterocycles. The number of benzene rings is 2. The highest BCUT2D eigenvalue weighted by atomic mass is 19.1. The Bertz CT molecular complexity index is 998. The number of amides is 2. The Labute approximate surface area is 170 Å². The summed E-state index contributed by atoms with van der Waals surface area (Å²) in [6.07, 6.45) is 0. The molecule has 3 rings (SSSR count). The highest BCUT2D eigenvalue weighted by Gasteiger charge is 2.17. The van der Waals surface area contributed by atoms with Gasteiger partial charge in [-0.2, -0.15) is 5.10 Å². The van der Waals surface area contributed by atoms with E-state index in [1.165, 1.54) is 12.1 Å². The van der Waals surface area contributed by atoms with Crippen LogP contribution in [0.3, 0.4) is 0 Å². The Morgan fingerprint density at radius 2 is 1.90 bits per heavy atom. The average Bonchev–Trinajstić information content (AvgIpc) is 3.00. The quantitative estimate of drug-likeness (QED) is 0.662. The van der Waals surface area contributed by atoms with Gasteiger partial charge in [0.05, 0.1) is 23.1 Å². The van der Waals surface area contributed by atoms with E-state index in [2.05, 4.69) is 15.7 Å². The molecule has 0 unspecified atom stereocenters. The number of anilines is 1. The van der Waals surface area contributed by atoms with Crippen molar-refractivity contribution in [3.63, 3.8) is 0 Å². The number of aromatic nitrogens is 2. The van der Waals surface area contributed by atoms with Crippen molar-refractivity contribution in [1.29, 1.82) is 0 Å². The molecule has 1 aromatic heterocycles. The van der Waals surface area contributed by atoms with Crippen molar-refractivity contribution < 1.29 is 9.18 Å². The smallest absolute Gasteiger partial charge is 0.319 e. The topological polar surface area (TPSA) is 62.2 Å². The van der Waals surface area contributed by atoms with Crippen LogP contribution in [0.25, 0.3) is 5.69 Å². The Kier molecular flexibility index (Phi) is 6.29. The second-order valence-electron chi connectivity index (χ2n) is 7.23. The number of carbonyl (C=O) groups excluding carboxylic acids is 1. The van der Waals surface area contributed by atoms with Crippen molar-refractivity contribution in [2.45, 2.75) is 19.9 Å². The maximum absolute atomic E-state index is 13.6. The number of rotatable bonds is 6. The number of nitrogens with zero attached hydrogens (tertiary/aromatic N) is 3. The summed E-state index contributed by atoms with van der Waals surface area (Å²) in [7, 11) is 3.79. The molecule has 2 N–H and O–H groups in total. The van der Waals surface area contributed by atoms with E-state index in [4.69, 9.17) is 0 Å². The molecule has 6 nitrogen and oxygen atoms in total. The van der Waals surface area contributed by atoms with E-state index in [0.717, 1.165) is 22.6 Å². The van der Waals surface area contributed by atoms with Crippen LogP contribution in [0.1, 0.15) is 23.0 Å². The third kappa shape index (κ3) is 5.00. The molecule has 0 bridgehead atoms. The summed E-state index contributed by atoms with van der Waals surface area (Å²) in [6.45, 7) is 4.24. The summed E-state index contributed by atoms with van der Waals surface area (Å²) < 4.78 is 15.4. The first-order valence-corrected chi connectivity index (χ1v) is 9.44. The molecule has 1 atom stereocenters. The van der Waals surface area contributed by atoms with Crippen molar-refractivity contribution in [3.8, 4) is 5.69 Å². The van der Waals surface area contributed by atoms with Crippen molar-refractivity contribution in [1.82, 2.24) is 20.0 Å². The molecular formula is C22H26FN5O. The fourth-order valence-corrected chi connectivity index (χ4v) is 3.31. The molecule has 3 aromatic rings. The number of halogens is 1. The van der Waals surface area contributed by atoms with Crippen molar-refractivity contribution >= 4 is 11.7 Å². The van der Waals surface area contributed by atoms with Gasteiger partial charge in [-0.25, -0.2) is 13.9 Å². The first-order chi connectivity index (χ1) is 13.8. The van der Waals surface area contributed by atoms with E-state index >= 15 is 0 Å². The second-order valence-corrected chi connectivity index (χ2v) is 7.23. The van der Waals surface area contributed by atoms with Crippen LogP contribution in [0.5, 0.6) is 0 Å². The lowest BCUT2D eigenvalue weighted by Crippen LogP contribution is -2.37. The Balaban J connectivity index is 1.72. The Hall–Kier alpha value is -3.19. The molecule has 1 heterocycles. The third-order valence-corrected chi connectivity index (χ3v) is 4.70. The monoisotopic (exact) mass is 395 g/mol. The number of aryl methyl sites for hydroxylation is 2. The van der Waals surface area contributed by atoms with Crippen molar-refractivity contribution in [2.24, 2.45) is 0 Å². The van der Waals surface area contributed by atoms with Gasteiger partial charge in [0.25, 0.3) is 0 Å². The molecule has 7 heteroatoms. The van der Waals surface area contributed by atoms with Crippen LogP contribution in [0.15, 0.2) is 54.6 Å². The van der Waals surface area contributed by atoms with Crippen molar-refractivity contribution in [3.05, 3.63) is 77.4 Å². The fraction of sp³-hybridized carbons (Fsp3) is 0.273. The van der Waals surface area contributed by atoms with Gasteiger partial charge in [0.15, 0.2) is 0 Å². The standard InChI is InChI=1S/C22H26FN5O/c1-15-12-16(2)28(26-15)20-11-6-5-10-19(20)25-22(29)24-14-21(27(3)4)17-8-7-9-18(23)13-17/h5-13,21H,14H2,1-4H3,(H2,24,25,29)/t21-/m0/s1. The molecule has 0 saturated carbocycles. The van der Waals surface area contributed by atoms with E-state index in [9.17, 15) is 9.18 Å². The molecule has 0 radical (unpaired) electrons. The Morgan fingerprint density at radius 3 is 2.55 bits per heavy atom. The van der Waals surface area contributed by atoms with Gasteiger partial charge in [0.2, 0.25) is 0 Å². The van der Waals surface area contributed by atoms with Crippen LogP contribution in [-0.4, -0.2) is 41.4 Å². The zero-order valence-electron chi connectivity index (χ0n) is 17.1. The maximum atomic E-state index is 13.6. The maximum Gasteiger partial charge on any atom is 0.319 e. The van der Waals surface area contributed by atoms with Crippen LogP contribution in [-0.2, 0) is 0 Å². The van der Waals surface area contributed by atoms with Gasteiger partial charge in [-0.05, 0) is 63.8 Å². The summed E-state index contributed by atoms with van der Waals surface area (Å²) in [6, 6.07) is 15.4. The summed E-state index contributed by atoms with van der Waals surface area (Å²) in [5.41, 5.74) is 4.14. The van der Waals surface area contributed by atoms with Gasteiger partial charge < -0.3 is 15.5 Å². The molecular weight excluding hydrogens is 369 g/mol. The van der Waals surface area contributed by atoms with Gasteiger partial charge in [0, 0.05) is 12.2 Å². The highest BCUT2D eigenvalue weighted by Crippen LogP contribution is 2.22. The zero-order chi connectivity index (χ0) is 21.0. The largest absolute Gasteiger partial charge is 0.336 e. The molecule has 0 spiro atoms. The molecule has 2 amide bonds. The number of hydrogen-bond acceptors (Lipinski definition) is 3. The molecule has 2 aromatic carbocycles. The number of hydrogen-bond donors (Lipinski definition) is 2. The molecule has 0 aliphatic carbocycles. The first-order valence-electron chi connectivity index (χ1n) is 9.44. The molecule has 0 aliphatic rings. The molecule has 29 heavy (non-hydrogen) atoms. The van der Waals surface area contributed by atoms with Crippen LogP contribution in [0.2, 0.25) is 0 Å². The number of nitrogens with one attached hydrogen (secondary N) is 2. The van der Waals surface area contributed by atoms with Crippen LogP contribution in [0, 0.1) is 19.7 Å². The summed E-state index contributed by atoms with van der Waals surface area (Å²) in [4.78, 5) is 14.5. The van der Waals surface area contributed by atoms with Gasteiger partial charge >= 0.3 is 6.03 Å². The lowest BCUT2D eigenvalue weighted by atomic mass is 10.1. The van der Waals surface area contributed by atoms with Crippen molar-refractivity contribution in [2.75, 3.05) is 26.0 Å². The summed E-state index contributed by atoms with van der Waals surface area (Å²) >= 11 is 0. The second kappa shape index (κ2) is 8.87. The summed E-state index contributed by atoms with van der Waals surface area (Å²) in [5.74, 6) is -0.294. The number of urea groups is 1. The van der Waals surface area contributed by atoms with E-state index in [1.54, 1.807) is 10.7 Å². The molecule has 0 aliphatic heterocycles. The minimum atomic E-state index is -0.331. The third-order valence-electron chi connectivity index (χ3n) is 4.70. The number of para-hydroxylation sites is 2. The highest BCUT2D eigenvalue weighted by molar-refractivity contribution is 5.91. The van der Waals surface area contributed by atoms with Crippen LogP contribution < -0.4 is 10.6 Å². The SMILES string of the molecule is Cc1cc(C)n(-c2ccccc2NC(=O)NC[C@@H](c2cccc(F)c2)N(C)C)n1. The normalized spacial score (nSPS) is 12.1. The number of carbonyl (C=O) groups is 1. The number of likely N-dealkylation sites (N-methyl/N-ethyl adjacent to an activating group) is 1. The van der Waals surface area contributed by atoms with Crippen LogP contribution in [0.4, 0.5) is 14.9 Å². The van der Waals surface area contributed by atoms with Gasteiger partial charge in [-0.3, -0.25) is 0 Å². The van der Waals surface area contributed by atoms with E-state index in [-0.39, 0.29) is 17.9 Å². The predicted molar refractivity (Wildman–Crippen MR) is 113 cm³/mol. The molecule has 0 fully saturated rings. The fourth-order valence-electron chi connectivity index (χ4n) is 3.31. The average molecular weight is 395 g/mol. The zero-order valence-corrected chi connectivity index (χ0v) is 17.1. The molecule has 152 valence electrons. The van der Waals surface area contributed by atoms with Crippen LogP contribution >= 0.6 is 0 Å². The summed E-state index contributed by atoms with van der Waals surface area (Å²) in [5, 5.41) is 10.3.